The fraction of sp³-hybridized carbons (Fsp3) is 0.364. The standard InChI is InChI=1S/C22H28N4O5S/c27-21(28)20(26-32(29,30)19-6-2-1-3-7-19)16-17-8-10-18(11-9-17)31-15-5-4-12-23-22-24-13-14-25-22/h1-3,6-11,13,20,22-23,25-26H,4-5,12,14-16H2,(H,27,28)/t20-,22?/m0/s1. The lowest BCUT2D eigenvalue weighted by Gasteiger charge is -2.15. The number of hydrogen-bond acceptors (Lipinski definition) is 7. The molecule has 0 saturated carbocycles. The van der Waals surface area contributed by atoms with Gasteiger partial charge in [-0.25, -0.2) is 8.42 Å². The van der Waals surface area contributed by atoms with Gasteiger partial charge in [0.1, 0.15) is 11.8 Å². The monoisotopic (exact) mass is 460 g/mol. The predicted octanol–water partition coefficient (Wildman–Crippen LogP) is 1.37. The van der Waals surface area contributed by atoms with Gasteiger partial charge in [-0.15, -0.1) is 0 Å². The fourth-order valence-corrected chi connectivity index (χ4v) is 4.36. The quantitative estimate of drug-likeness (QED) is 0.332. The molecule has 2 atom stereocenters. The molecule has 0 bridgehead atoms. The van der Waals surface area contributed by atoms with E-state index >= 15 is 0 Å². The van der Waals surface area contributed by atoms with Crippen LogP contribution in [0, 0.1) is 0 Å². The minimum absolute atomic E-state index is 0.00950. The summed E-state index contributed by atoms with van der Waals surface area (Å²) in [5, 5.41) is 15.9. The molecule has 32 heavy (non-hydrogen) atoms. The van der Waals surface area contributed by atoms with Gasteiger partial charge in [-0.2, -0.15) is 4.72 Å². The summed E-state index contributed by atoms with van der Waals surface area (Å²) in [7, 11) is -3.93. The Morgan fingerprint density at radius 1 is 1.16 bits per heavy atom. The number of unbranched alkanes of at least 4 members (excludes halogenated alkanes) is 1. The third-order valence-corrected chi connectivity index (χ3v) is 6.33. The lowest BCUT2D eigenvalue weighted by molar-refractivity contribution is -0.138. The van der Waals surface area contributed by atoms with E-state index in [4.69, 9.17) is 4.74 Å². The van der Waals surface area contributed by atoms with Crippen LogP contribution in [0.2, 0.25) is 0 Å². The van der Waals surface area contributed by atoms with Crippen molar-refractivity contribution in [3.8, 4) is 5.75 Å². The van der Waals surface area contributed by atoms with Gasteiger partial charge in [-0.3, -0.25) is 20.4 Å². The summed E-state index contributed by atoms with van der Waals surface area (Å²) in [5.74, 6) is -0.558. The van der Waals surface area contributed by atoms with E-state index in [1.54, 1.807) is 42.5 Å². The van der Waals surface area contributed by atoms with Crippen molar-refractivity contribution < 1.29 is 23.1 Å². The zero-order chi connectivity index (χ0) is 22.8. The second-order valence-electron chi connectivity index (χ2n) is 7.33. The number of ether oxygens (including phenoxy) is 1. The van der Waals surface area contributed by atoms with Crippen LogP contribution in [0.25, 0.3) is 0 Å². The molecule has 0 aliphatic carbocycles. The lowest BCUT2D eigenvalue weighted by Crippen LogP contribution is -2.42. The highest BCUT2D eigenvalue weighted by atomic mass is 32.2. The number of sulfonamides is 1. The molecule has 1 unspecified atom stereocenters. The summed E-state index contributed by atoms with van der Waals surface area (Å²) in [6.07, 6.45) is 3.71. The highest BCUT2D eigenvalue weighted by Gasteiger charge is 2.25. The first-order valence-corrected chi connectivity index (χ1v) is 11.9. The van der Waals surface area contributed by atoms with Crippen LogP contribution in [0.3, 0.4) is 0 Å². The van der Waals surface area contributed by atoms with Crippen LogP contribution < -0.4 is 20.1 Å². The second kappa shape index (κ2) is 11.7. The molecule has 2 aromatic carbocycles. The summed E-state index contributed by atoms with van der Waals surface area (Å²) in [6, 6.07) is 13.4. The number of nitrogens with zero attached hydrogens (tertiary/aromatic N) is 1. The van der Waals surface area contributed by atoms with E-state index in [0.717, 1.165) is 25.9 Å². The number of benzene rings is 2. The van der Waals surface area contributed by atoms with Crippen molar-refractivity contribution in [2.24, 2.45) is 4.99 Å². The molecule has 0 aromatic heterocycles. The molecule has 4 N–H and O–H groups in total. The van der Waals surface area contributed by atoms with E-state index in [2.05, 4.69) is 20.3 Å². The van der Waals surface area contributed by atoms with Gasteiger partial charge in [-0.05, 0) is 55.6 Å². The minimum Gasteiger partial charge on any atom is -0.494 e. The van der Waals surface area contributed by atoms with Crippen LogP contribution in [-0.2, 0) is 21.2 Å². The number of rotatable bonds is 13. The van der Waals surface area contributed by atoms with Gasteiger partial charge in [-0.1, -0.05) is 30.3 Å². The maximum absolute atomic E-state index is 12.5. The number of aliphatic carboxylic acids is 1. The van der Waals surface area contributed by atoms with Gasteiger partial charge in [0.05, 0.1) is 11.5 Å². The number of carboxylic acid groups (broad SMARTS) is 1. The molecule has 9 nitrogen and oxygen atoms in total. The molecule has 2 aromatic rings. The maximum Gasteiger partial charge on any atom is 0.322 e. The van der Waals surface area contributed by atoms with Crippen LogP contribution in [0.15, 0.2) is 64.5 Å². The van der Waals surface area contributed by atoms with Crippen LogP contribution in [0.5, 0.6) is 5.75 Å². The van der Waals surface area contributed by atoms with Crippen molar-refractivity contribution in [3.05, 3.63) is 60.2 Å². The summed E-state index contributed by atoms with van der Waals surface area (Å²) in [6.45, 7) is 2.20. The molecular weight excluding hydrogens is 432 g/mol. The molecule has 0 fully saturated rings. The molecule has 3 rings (SSSR count). The first-order chi connectivity index (χ1) is 15.4. The van der Waals surface area contributed by atoms with E-state index in [9.17, 15) is 18.3 Å². The summed E-state index contributed by atoms with van der Waals surface area (Å²) in [5.41, 5.74) is 0.689. The van der Waals surface area contributed by atoms with Gasteiger partial charge in [0.25, 0.3) is 0 Å². The third kappa shape index (κ3) is 7.41. The highest BCUT2D eigenvalue weighted by Crippen LogP contribution is 2.15. The van der Waals surface area contributed by atoms with Crippen molar-refractivity contribution in [1.82, 2.24) is 15.4 Å². The van der Waals surface area contributed by atoms with Gasteiger partial charge in [0, 0.05) is 12.8 Å². The first kappa shape index (κ1) is 23.9. The van der Waals surface area contributed by atoms with E-state index in [0.29, 0.717) is 17.9 Å². The van der Waals surface area contributed by atoms with Gasteiger partial charge < -0.3 is 9.84 Å². The summed E-state index contributed by atoms with van der Waals surface area (Å²) in [4.78, 5) is 15.9. The van der Waals surface area contributed by atoms with Crippen LogP contribution in [-0.4, -0.2) is 57.7 Å². The Balaban J connectivity index is 1.44. The summed E-state index contributed by atoms with van der Waals surface area (Å²) >= 11 is 0. The Bertz CT molecular complexity index is 997. The topological polar surface area (TPSA) is 129 Å². The average molecular weight is 461 g/mol. The smallest absolute Gasteiger partial charge is 0.322 e. The predicted molar refractivity (Wildman–Crippen MR) is 121 cm³/mol. The van der Waals surface area contributed by atoms with Crippen molar-refractivity contribution in [2.75, 3.05) is 19.7 Å². The lowest BCUT2D eigenvalue weighted by atomic mass is 10.1. The molecule has 10 heteroatoms. The Kier molecular flexibility index (Phi) is 8.74. The zero-order valence-corrected chi connectivity index (χ0v) is 18.4. The molecule has 1 aliphatic heterocycles. The molecule has 0 radical (unpaired) electrons. The Morgan fingerprint density at radius 3 is 2.56 bits per heavy atom. The molecule has 1 aliphatic rings. The SMILES string of the molecule is O=C(O)[C@H](Cc1ccc(OCCCCNC2N=CCN2)cc1)NS(=O)(=O)c1ccccc1. The van der Waals surface area contributed by atoms with Gasteiger partial charge in [0.2, 0.25) is 10.0 Å². The number of hydrogen-bond donors (Lipinski definition) is 4. The van der Waals surface area contributed by atoms with Crippen molar-refractivity contribution >= 4 is 22.2 Å². The van der Waals surface area contributed by atoms with Crippen LogP contribution in [0.1, 0.15) is 18.4 Å². The Morgan fingerprint density at radius 2 is 1.91 bits per heavy atom. The third-order valence-electron chi connectivity index (χ3n) is 4.85. The second-order valence-corrected chi connectivity index (χ2v) is 9.04. The normalized spacial score (nSPS) is 16.7. The molecule has 172 valence electrons. The number of aliphatic imine (C=N–C) groups is 1. The molecular formula is C22H28N4O5S. The molecule has 0 amide bonds. The summed E-state index contributed by atoms with van der Waals surface area (Å²) < 4.78 is 32.9. The average Bonchev–Trinajstić information content (AvgIpc) is 3.31. The minimum atomic E-state index is -3.93. The van der Waals surface area contributed by atoms with Gasteiger partial charge >= 0.3 is 5.97 Å². The van der Waals surface area contributed by atoms with E-state index in [1.807, 2.05) is 6.21 Å². The maximum atomic E-state index is 12.5. The van der Waals surface area contributed by atoms with E-state index in [-0.39, 0.29) is 17.6 Å². The molecule has 0 spiro atoms. The van der Waals surface area contributed by atoms with E-state index < -0.39 is 22.0 Å². The Labute approximate surface area is 188 Å². The molecule has 0 saturated heterocycles. The number of carboxylic acids is 1. The van der Waals surface area contributed by atoms with Crippen molar-refractivity contribution in [3.63, 3.8) is 0 Å². The number of carbonyl (C=O) groups is 1. The first-order valence-electron chi connectivity index (χ1n) is 10.4. The van der Waals surface area contributed by atoms with Crippen LogP contribution >= 0.6 is 0 Å². The Hall–Kier alpha value is -2.79. The zero-order valence-electron chi connectivity index (χ0n) is 17.6. The number of nitrogens with one attached hydrogen (secondary N) is 3. The van der Waals surface area contributed by atoms with Crippen molar-refractivity contribution in [2.45, 2.75) is 36.5 Å². The highest BCUT2D eigenvalue weighted by molar-refractivity contribution is 7.89. The van der Waals surface area contributed by atoms with Gasteiger partial charge in [0.15, 0.2) is 6.29 Å². The largest absolute Gasteiger partial charge is 0.494 e. The molecule has 1 heterocycles. The van der Waals surface area contributed by atoms with E-state index in [1.165, 1.54) is 12.1 Å². The van der Waals surface area contributed by atoms with Crippen LogP contribution in [0.4, 0.5) is 0 Å². The van der Waals surface area contributed by atoms with Crippen molar-refractivity contribution in [1.29, 1.82) is 0 Å². The fourth-order valence-electron chi connectivity index (χ4n) is 3.15.